The van der Waals surface area contributed by atoms with Crippen molar-refractivity contribution in [2.75, 3.05) is 17.3 Å². The molecule has 1 amide bonds. The SMILES string of the molecule is O=C(O[C@@H](CCCl)C(=O)c1ccc(F)cc1)[C@H]1CC(=O)N(c2ccc([N+](=O)[O-])cc2)C1. The van der Waals surface area contributed by atoms with Crippen LogP contribution in [-0.2, 0) is 14.3 Å². The number of nitrogens with zero attached hydrogens (tertiary/aromatic N) is 2. The van der Waals surface area contributed by atoms with Gasteiger partial charge in [0, 0.05) is 48.6 Å². The molecule has 8 nitrogen and oxygen atoms in total. The summed E-state index contributed by atoms with van der Waals surface area (Å²) >= 11 is 5.74. The molecule has 31 heavy (non-hydrogen) atoms. The number of rotatable bonds is 8. The number of hydrogen-bond acceptors (Lipinski definition) is 6. The zero-order chi connectivity index (χ0) is 22.5. The van der Waals surface area contributed by atoms with Crippen molar-refractivity contribution in [3.8, 4) is 0 Å². The van der Waals surface area contributed by atoms with E-state index < -0.39 is 34.5 Å². The Hall–Kier alpha value is -3.33. The topological polar surface area (TPSA) is 107 Å². The van der Waals surface area contributed by atoms with Crippen LogP contribution in [0, 0.1) is 21.8 Å². The molecule has 2 aromatic rings. The quantitative estimate of drug-likeness (QED) is 0.201. The zero-order valence-corrected chi connectivity index (χ0v) is 17.0. The molecule has 0 unspecified atom stereocenters. The third-order valence-electron chi connectivity index (χ3n) is 4.88. The monoisotopic (exact) mass is 448 g/mol. The largest absolute Gasteiger partial charge is 0.454 e. The van der Waals surface area contributed by atoms with Gasteiger partial charge >= 0.3 is 5.97 Å². The van der Waals surface area contributed by atoms with Crippen LogP contribution in [0.2, 0.25) is 0 Å². The van der Waals surface area contributed by atoms with Crippen molar-refractivity contribution in [3.63, 3.8) is 0 Å². The summed E-state index contributed by atoms with van der Waals surface area (Å²) in [7, 11) is 0. The smallest absolute Gasteiger partial charge is 0.312 e. The number of carbonyl (C=O) groups is 3. The Labute approximate surface area is 181 Å². The normalized spacial score (nSPS) is 16.8. The summed E-state index contributed by atoms with van der Waals surface area (Å²) in [6.07, 6.45) is -1.20. The maximum Gasteiger partial charge on any atom is 0.312 e. The molecule has 3 rings (SSSR count). The predicted molar refractivity (Wildman–Crippen MR) is 110 cm³/mol. The third-order valence-corrected chi connectivity index (χ3v) is 5.10. The molecule has 0 saturated carbocycles. The van der Waals surface area contributed by atoms with Crippen LogP contribution in [0.15, 0.2) is 48.5 Å². The number of halogens is 2. The van der Waals surface area contributed by atoms with Crippen molar-refractivity contribution >= 4 is 40.6 Å². The van der Waals surface area contributed by atoms with Gasteiger partial charge in [-0.3, -0.25) is 24.5 Å². The molecular weight excluding hydrogens is 431 g/mol. The number of nitro benzene ring substituents is 1. The highest BCUT2D eigenvalue weighted by atomic mass is 35.5. The van der Waals surface area contributed by atoms with Gasteiger partial charge in [-0.1, -0.05) is 0 Å². The van der Waals surface area contributed by atoms with E-state index in [4.69, 9.17) is 16.3 Å². The highest BCUT2D eigenvalue weighted by molar-refractivity contribution is 6.18. The van der Waals surface area contributed by atoms with Crippen molar-refractivity contribution in [3.05, 3.63) is 70.0 Å². The molecule has 2 aromatic carbocycles. The lowest BCUT2D eigenvalue weighted by Gasteiger charge is -2.19. The number of ketones is 1. The second kappa shape index (κ2) is 9.65. The molecule has 0 radical (unpaired) electrons. The Bertz CT molecular complexity index is 996. The van der Waals surface area contributed by atoms with E-state index >= 15 is 0 Å². The standard InChI is InChI=1S/C21H18ClFN2O6/c22-10-9-18(20(27)13-1-3-15(23)4-2-13)31-21(28)14-11-19(26)24(12-14)16-5-7-17(8-6-16)25(29)30/h1-8,14,18H,9-12H2/t14-,18-/m0/s1. The lowest BCUT2D eigenvalue weighted by atomic mass is 10.0. The molecule has 2 atom stereocenters. The van der Waals surface area contributed by atoms with E-state index in [1.807, 2.05) is 0 Å². The fourth-order valence-corrected chi connectivity index (χ4v) is 3.45. The van der Waals surface area contributed by atoms with Crippen LogP contribution >= 0.6 is 11.6 Å². The first kappa shape index (κ1) is 22.4. The Kier molecular flexibility index (Phi) is 6.96. The lowest BCUT2D eigenvalue weighted by Crippen LogP contribution is -2.32. The second-order valence-electron chi connectivity index (χ2n) is 6.95. The second-order valence-corrected chi connectivity index (χ2v) is 7.33. The fraction of sp³-hybridized carbons (Fsp3) is 0.286. The van der Waals surface area contributed by atoms with Gasteiger partial charge in [-0.05, 0) is 36.4 Å². The number of anilines is 1. The van der Waals surface area contributed by atoms with Crippen molar-refractivity contribution in [1.82, 2.24) is 0 Å². The number of hydrogen-bond donors (Lipinski definition) is 0. The maximum atomic E-state index is 13.1. The minimum atomic E-state index is -1.15. The Morgan fingerprint density at radius 3 is 2.42 bits per heavy atom. The summed E-state index contributed by atoms with van der Waals surface area (Å²) in [5.41, 5.74) is 0.486. The summed E-state index contributed by atoms with van der Waals surface area (Å²) < 4.78 is 18.5. The number of alkyl halides is 1. The van der Waals surface area contributed by atoms with Crippen LogP contribution in [0.1, 0.15) is 23.2 Å². The first-order valence-corrected chi connectivity index (χ1v) is 9.94. The molecule has 1 saturated heterocycles. The van der Waals surface area contributed by atoms with Crippen LogP contribution in [0.3, 0.4) is 0 Å². The van der Waals surface area contributed by atoms with Gasteiger partial charge in [-0.25, -0.2) is 4.39 Å². The van der Waals surface area contributed by atoms with Gasteiger partial charge in [0.15, 0.2) is 6.10 Å². The molecule has 0 aromatic heterocycles. The van der Waals surface area contributed by atoms with E-state index in [-0.39, 0.29) is 42.4 Å². The summed E-state index contributed by atoms with van der Waals surface area (Å²) in [6, 6.07) is 10.2. The van der Waals surface area contributed by atoms with E-state index in [0.717, 1.165) is 12.1 Å². The van der Waals surface area contributed by atoms with Gasteiger partial charge in [0.1, 0.15) is 5.82 Å². The fourth-order valence-electron chi connectivity index (χ4n) is 3.25. The zero-order valence-electron chi connectivity index (χ0n) is 16.2. The van der Waals surface area contributed by atoms with Crippen molar-refractivity contribution in [2.24, 2.45) is 5.92 Å². The Morgan fingerprint density at radius 1 is 1.19 bits per heavy atom. The van der Waals surface area contributed by atoms with Crippen LogP contribution in [0.5, 0.6) is 0 Å². The van der Waals surface area contributed by atoms with E-state index in [9.17, 15) is 28.9 Å². The lowest BCUT2D eigenvalue weighted by molar-refractivity contribution is -0.384. The molecular formula is C21H18ClFN2O6. The van der Waals surface area contributed by atoms with Gasteiger partial charge in [0.25, 0.3) is 5.69 Å². The average molecular weight is 449 g/mol. The van der Waals surface area contributed by atoms with Crippen LogP contribution < -0.4 is 4.90 Å². The Balaban J connectivity index is 1.68. The highest BCUT2D eigenvalue weighted by Gasteiger charge is 2.38. The van der Waals surface area contributed by atoms with Crippen molar-refractivity contribution < 1.29 is 28.4 Å². The molecule has 10 heteroatoms. The third kappa shape index (κ3) is 5.24. The van der Waals surface area contributed by atoms with Gasteiger partial charge in [-0.2, -0.15) is 0 Å². The maximum absolute atomic E-state index is 13.1. The van der Waals surface area contributed by atoms with Gasteiger partial charge in [0.2, 0.25) is 11.7 Å². The van der Waals surface area contributed by atoms with Crippen molar-refractivity contribution in [2.45, 2.75) is 18.9 Å². The van der Waals surface area contributed by atoms with E-state index in [0.29, 0.717) is 5.69 Å². The molecule has 162 valence electrons. The first-order valence-electron chi connectivity index (χ1n) is 9.41. The number of esters is 1. The molecule has 1 aliphatic heterocycles. The first-order chi connectivity index (χ1) is 14.8. The highest BCUT2D eigenvalue weighted by Crippen LogP contribution is 2.28. The van der Waals surface area contributed by atoms with Crippen molar-refractivity contribution in [1.29, 1.82) is 0 Å². The summed E-state index contributed by atoms with van der Waals surface area (Å²) in [5.74, 6) is -2.81. The number of amides is 1. The summed E-state index contributed by atoms with van der Waals surface area (Å²) in [4.78, 5) is 49.2. The van der Waals surface area contributed by atoms with E-state index in [2.05, 4.69) is 0 Å². The predicted octanol–water partition coefficient (Wildman–Crippen LogP) is 3.51. The molecule has 1 aliphatic rings. The Morgan fingerprint density at radius 2 is 1.84 bits per heavy atom. The average Bonchev–Trinajstić information content (AvgIpc) is 3.15. The van der Waals surface area contributed by atoms with E-state index in [1.165, 1.54) is 41.3 Å². The summed E-state index contributed by atoms with van der Waals surface area (Å²) in [6.45, 7) is 0.0216. The number of Topliss-reactive ketones (excluding diaryl/α,β-unsaturated/α-hetero) is 1. The van der Waals surface area contributed by atoms with E-state index in [1.54, 1.807) is 0 Å². The molecule has 1 fully saturated rings. The molecule has 1 heterocycles. The number of non-ortho nitro benzene ring substituents is 1. The number of carbonyl (C=O) groups excluding carboxylic acids is 3. The van der Waals surface area contributed by atoms with Gasteiger partial charge in [-0.15, -0.1) is 11.6 Å². The number of ether oxygens (including phenoxy) is 1. The van der Waals surface area contributed by atoms with Crippen LogP contribution in [0.4, 0.5) is 15.8 Å². The minimum Gasteiger partial charge on any atom is -0.454 e. The molecule has 0 aliphatic carbocycles. The number of nitro groups is 1. The van der Waals surface area contributed by atoms with Crippen LogP contribution in [0.25, 0.3) is 0 Å². The molecule has 0 spiro atoms. The molecule has 0 bridgehead atoms. The minimum absolute atomic E-state index is 0.0216. The van der Waals surface area contributed by atoms with Gasteiger partial charge in [0.05, 0.1) is 10.8 Å². The number of benzene rings is 2. The van der Waals surface area contributed by atoms with Crippen LogP contribution in [-0.4, -0.2) is 41.1 Å². The summed E-state index contributed by atoms with van der Waals surface area (Å²) in [5, 5.41) is 10.8. The van der Waals surface area contributed by atoms with Gasteiger partial charge < -0.3 is 9.64 Å². The molecule has 0 N–H and O–H groups in total.